The maximum atomic E-state index is 12.4. The first-order chi connectivity index (χ1) is 11.4. The van der Waals surface area contributed by atoms with Gasteiger partial charge in [0.05, 0.1) is 26.7 Å². The Bertz CT molecular complexity index is 568. The second-order valence-electron chi connectivity index (χ2n) is 4.92. The summed E-state index contributed by atoms with van der Waals surface area (Å²) in [6.45, 7) is 3.50. The molecule has 24 heavy (non-hydrogen) atoms. The van der Waals surface area contributed by atoms with E-state index in [-0.39, 0.29) is 19.6 Å². The Balaban J connectivity index is 2.89. The van der Waals surface area contributed by atoms with Gasteiger partial charge in [-0.1, -0.05) is 6.07 Å². The van der Waals surface area contributed by atoms with Crippen molar-refractivity contribution in [1.82, 2.24) is 0 Å². The number of methoxy groups -OCH3 is 1. The zero-order chi connectivity index (χ0) is 18.1. The molecule has 0 saturated carbocycles. The van der Waals surface area contributed by atoms with Crippen LogP contribution in [0.15, 0.2) is 24.3 Å². The third-order valence-electron chi connectivity index (χ3n) is 3.34. The number of nitrogens with zero attached hydrogens (tertiary/aromatic N) is 1. The molecule has 0 aliphatic rings. The minimum atomic E-state index is -1.27. The van der Waals surface area contributed by atoms with Crippen molar-refractivity contribution in [2.75, 3.05) is 32.3 Å². The van der Waals surface area contributed by atoms with Gasteiger partial charge in [0.25, 0.3) is 0 Å². The van der Waals surface area contributed by atoms with Gasteiger partial charge in [-0.15, -0.1) is 0 Å². The van der Waals surface area contributed by atoms with E-state index in [0.29, 0.717) is 11.4 Å². The van der Waals surface area contributed by atoms with E-state index >= 15 is 0 Å². The van der Waals surface area contributed by atoms with Crippen LogP contribution in [-0.2, 0) is 23.9 Å². The molecule has 0 aliphatic carbocycles. The van der Waals surface area contributed by atoms with Gasteiger partial charge in [0.1, 0.15) is 5.75 Å². The molecule has 0 aliphatic heterocycles. The van der Waals surface area contributed by atoms with E-state index in [9.17, 15) is 14.4 Å². The van der Waals surface area contributed by atoms with Crippen LogP contribution in [0, 0.1) is 5.92 Å². The van der Waals surface area contributed by atoms with Crippen molar-refractivity contribution in [2.24, 2.45) is 5.92 Å². The quantitative estimate of drug-likeness (QED) is 0.531. The summed E-state index contributed by atoms with van der Waals surface area (Å²) < 4.78 is 14.8. The number of ether oxygens (including phenoxy) is 3. The number of carbonyl (C=O) groups is 3. The summed E-state index contributed by atoms with van der Waals surface area (Å²) in [4.78, 5) is 37.7. The molecule has 1 rings (SSSR count). The van der Waals surface area contributed by atoms with E-state index in [2.05, 4.69) is 0 Å². The standard InChI is InChI=1S/C17H23NO6/c1-5-23-16(20)14(17(21)24-6-2)11-15(19)18(3)12-8-7-9-13(10-12)22-4/h7-10,14H,5-6,11H2,1-4H3. The summed E-state index contributed by atoms with van der Waals surface area (Å²) in [6, 6.07) is 6.90. The number of rotatable bonds is 8. The van der Waals surface area contributed by atoms with Gasteiger partial charge in [-0.3, -0.25) is 14.4 Å². The molecule has 0 spiro atoms. The number of hydrogen-bond donors (Lipinski definition) is 0. The van der Waals surface area contributed by atoms with Crippen molar-refractivity contribution in [1.29, 1.82) is 0 Å². The molecule has 132 valence electrons. The zero-order valence-electron chi connectivity index (χ0n) is 14.4. The second-order valence-corrected chi connectivity index (χ2v) is 4.92. The molecule has 7 heteroatoms. The number of benzene rings is 1. The molecule has 1 amide bonds. The molecular formula is C17H23NO6. The highest BCUT2D eigenvalue weighted by Crippen LogP contribution is 2.21. The molecule has 0 unspecified atom stereocenters. The maximum absolute atomic E-state index is 12.4. The SMILES string of the molecule is CCOC(=O)C(CC(=O)N(C)c1cccc(OC)c1)C(=O)OCC. The lowest BCUT2D eigenvalue weighted by Crippen LogP contribution is -2.35. The maximum Gasteiger partial charge on any atom is 0.320 e. The lowest BCUT2D eigenvalue weighted by Gasteiger charge is -2.20. The predicted molar refractivity (Wildman–Crippen MR) is 87.8 cm³/mol. The molecular weight excluding hydrogens is 314 g/mol. The van der Waals surface area contributed by atoms with Gasteiger partial charge in [0.15, 0.2) is 5.92 Å². The van der Waals surface area contributed by atoms with Gasteiger partial charge < -0.3 is 19.1 Å². The fourth-order valence-electron chi connectivity index (χ4n) is 2.02. The van der Waals surface area contributed by atoms with Gasteiger partial charge in [0.2, 0.25) is 5.91 Å². The van der Waals surface area contributed by atoms with Crippen molar-refractivity contribution in [3.05, 3.63) is 24.3 Å². The summed E-state index contributed by atoms with van der Waals surface area (Å²) in [7, 11) is 3.09. The van der Waals surface area contributed by atoms with Crippen LogP contribution in [-0.4, -0.2) is 45.2 Å². The van der Waals surface area contributed by atoms with Gasteiger partial charge in [-0.2, -0.15) is 0 Å². The molecule has 0 fully saturated rings. The molecule has 1 aromatic rings. The van der Waals surface area contributed by atoms with Crippen LogP contribution < -0.4 is 9.64 Å². The second kappa shape index (κ2) is 9.54. The van der Waals surface area contributed by atoms with E-state index in [0.717, 1.165) is 0 Å². The highest BCUT2D eigenvalue weighted by atomic mass is 16.6. The Hall–Kier alpha value is -2.57. The van der Waals surface area contributed by atoms with Crippen LogP contribution in [0.4, 0.5) is 5.69 Å². The fraction of sp³-hybridized carbons (Fsp3) is 0.471. The Morgan fingerprint density at radius 3 is 2.17 bits per heavy atom. The van der Waals surface area contributed by atoms with Crippen molar-refractivity contribution < 1.29 is 28.6 Å². The lowest BCUT2D eigenvalue weighted by atomic mass is 10.0. The molecule has 7 nitrogen and oxygen atoms in total. The molecule has 0 bridgehead atoms. The number of hydrogen-bond acceptors (Lipinski definition) is 6. The van der Waals surface area contributed by atoms with E-state index in [1.807, 2.05) is 0 Å². The van der Waals surface area contributed by atoms with Crippen LogP contribution in [0.3, 0.4) is 0 Å². The number of amides is 1. The minimum Gasteiger partial charge on any atom is -0.497 e. The Kier molecular flexibility index (Phi) is 7.74. The summed E-state index contributed by atoms with van der Waals surface area (Å²) in [5, 5.41) is 0. The number of esters is 2. The van der Waals surface area contributed by atoms with Crippen LogP contribution in [0.1, 0.15) is 20.3 Å². The van der Waals surface area contributed by atoms with Crippen LogP contribution >= 0.6 is 0 Å². The van der Waals surface area contributed by atoms with E-state index in [1.165, 1.54) is 12.0 Å². The average molecular weight is 337 g/mol. The van der Waals surface area contributed by atoms with Crippen LogP contribution in [0.5, 0.6) is 5.75 Å². The molecule has 0 heterocycles. The average Bonchev–Trinajstić information content (AvgIpc) is 2.59. The topological polar surface area (TPSA) is 82.1 Å². The summed E-state index contributed by atoms with van der Waals surface area (Å²) in [5.41, 5.74) is 0.589. The Morgan fingerprint density at radius 1 is 1.08 bits per heavy atom. The highest BCUT2D eigenvalue weighted by Gasteiger charge is 2.33. The van der Waals surface area contributed by atoms with Gasteiger partial charge in [-0.05, 0) is 26.0 Å². The molecule has 1 aromatic carbocycles. The monoisotopic (exact) mass is 337 g/mol. The third kappa shape index (κ3) is 5.26. The van der Waals surface area contributed by atoms with Crippen molar-refractivity contribution in [3.63, 3.8) is 0 Å². The zero-order valence-corrected chi connectivity index (χ0v) is 14.4. The molecule has 0 radical (unpaired) electrons. The number of carbonyl (C=O) groups excluding carboxylic acids is 3. The Morgan fingerprint density at radius 2 is 1.67 bits per heavy atom. The highest BCUT2D eigenvalue weighted by molar-refractivity contribution is 6.02. The lowest BCUT2D eigenvalue weighted by molar-refractivity contribution is -0.163. The first kappa shape index (κ1) is 19.5. The van der Waals surface area contributed by atoms with Crippen LogP contribution in [0.2, 0.25) is 0 Å². The smallest absolute Gasteiger partial charge is 0.320 e. The fourth-order valence-corrected chi connectivity index (χ4v) is 2.02. The van der Waals surface area contributed by atoms with Gasteiger partial charge in [-0.25, -0.2) is 0 Å². The van der Waals surface area contributed by atoms with Crippen LogP contribution in [0.25, 0.3) is 0 Å². The molecule has 0 saturated heterocycles. The van der Waals surface area contributed by atoms with Crippen molar-refractivity contribution >= 4 is 23.5 Å². The van der Waals surface area contributed by atoms with E-state index < -0.39 is 23.8 Å². The van der Waals surface area contributed by atoms with Crippen molar-refractivity contribution in [3.8, 4) is 5.75 Å². The molecule has 0 aromatic heterocycles. The Labute approximate surface area is 141 Å². The molecule has 0 atom stereocenters. The normalized spacial score (nSPS) is 10.2. The molecule has 0 N–H and O–H groups in total. The summed E-state index contributed by atoms with van der Waals surface area (Å²) in [6.07, 6.45) is -0.328. The van der Waals surface area contributed by atoms with Crippen molar-refractivity contribution in [2.45, 2.75) is 20.3 Å². The van der Waals surface area contributed by atoms with Gasteiger partial charge >= 0.3 is 11.9 Å². The predicted octanol–water partition coefficient (Wildman–Crippen LogP) is 1.79. The first-order valence-corrected chi connectivity index (χ1v) is 7.68. The summed E-state index contributed by atoms with van der Waals surface area (Å²) >= 11 is 0. The summed E-state index contributed by atoms with van der Waals surface area (Å²) in [5.74, 6) is -2.61. The van der Waals surface area contributed by atoms with E-state index in [1.54, 1.807) is 45.2 Å². The number of anilines is 1. The third-order valence-corrected chi connectivity index (χ3v) is 3.34. The van der Waals surface area contributed by atoms with E-state index in [4.69, 9.17) is 14.2 Å². The largest absolute Gasteiger partial charge is 0.497 e. The minimum absolute atomic E-state index is 0.120. The first-order valence-electron chi connectivity index (χ1n) is 7.68. The van der Waals surface area contributed by atoms with Gasteiger partial charge in [0, 0.05) is 18.8 Å².